The number of benzene rings is 1. The van der Waals surface area contributed by atoms with Gasteiger partial charge in [0.15, 0.2) is 11.5 Å². The Morgan fingerprint density at radius 2 is 2.18 bits per heavy atom. The van der Waals surface area contributed by atoms with Crippen LogP contribution in [0.4, 0.5) is 0 Å². The first-order valence-electron chi connectivity index (χ1n) is 9.18. The molecule has 28 heavy (non-hydrogen) atoms. The second kappa shape index (κ2) is 10.7. The molecule has 1 amide bonds. The highest BCUT2D eigenvalue weighted by Crippen LogP contribution is 2.28. The molecule has 2 atom stereocenters. The van der Waals surface area contributed by atoms with E-state index < -0.39 is 18.1 Å². The summed E-state index contributed by atoms with van der Waals surface area (Å²) in [6.45, 7) is 3.16. The van der Waals surface area contributed by atoms with E-state index in [0.717, 1.165) is 5.56 Å². The molecule has 2 unspecified atom stereocenters. The maximum absolute atomic E-state index is 12.1. The summed E-state index contributed by atoms with van der Waals surface area (Å²) in [6, 6.07) is 4.87. The Labute approximate surface area is 165 Å². The average Bonchev–Trinajstić information content (AvgIpc) is 2.69. The second-order valence-corrected chi connectivity index (χ2v) is 6.46. The van der Waals surface area contributed by atoms with Gasteiger partial charge in [-0.05, 0) is 24.6 Å². The Balaban J connectivity index is 1.96. The molecule has 8 heteroatoms. The number of allylic oxidation sites excluding steroid dienone is 1. The van der Waals surface area contributed by atoms with E-state index in [1.54, 1.807) is 18.1 Å². The molecule has 0 aromatic heterocycles. The number of aliphatic hydroxyl groups excluding tert-OH is 1. The van der Waals surface area contributed by atoms with Gasteiger partial charge in [0.1, 0.15) is 12.7 Å². The number of β-amino-alcohol motifs (C(OH)–C–C–N with tert-alkyl or cyclic N) is 1. The van der Waals surface area contributed by atoms with Crippen LogP contribution in [0.3, 0.4) is 0 Å². The number of aliphatic hydroxyl groups is 1. The molecule has 1 fully saturated rings. The molecule has 0 radical (unpaired) electrons. The van der Waals surface area contributed by atoms with Crippen molar-refractivity contribution in [3.63, 3.8) is 0 Å². The van der Waals surface area contributed by atoms with Crippen molar-refractivity contribution in [2.24, 2.45) is 0 Å². The van der Waals surface area contributed by atoms with Gasteiger partial charge in [0.05, 0.1) is 26.7 Å². The SMILES string of the molecule is C/C=C/c1ccc(OCC(O)CN2CCNC(=O)C2CC(=O)OC)c(OC)c1. The highest BCUT2D eigenvalue weighted by Gasteiger charge is 2.33. The molecule has 2 N–H and O–H groups in total. The summed E-state index contributed by atoms with van der Waals surface area (Å²) >= 11 is 0. The van der Waals surface area contributed by atoms with Crippen LogP contribution in [0.15, 0.2) is 24.3 Å². The Morgan fingerprint density at radius 1 is 1.39 bits per heavy atom. The topological polar surface area (TPSA) is 97.3 Å². The molecule has 1 heterocycles. The molecule has 1 aliphatic heterocycles. The van der Waals surface area contributed by atoms with Crippen LogP contribution in [0.1, 0.15) is 18.9 Å². The Bertz CT molecular complexity index is 706. The monoisotopic (exact) mass is 392 g/mol. The second-order valence-electron chi connectivity index (χ2n) is 6.46. The third-order valence-electron chi connectivity index (χ3n) is 4.45. The standard InChI is InChI=1S/C20H28N2O6/c1-4-5-14-6-7-17(18(10-14)26-2)28-13-15(23)12-22-9-8-21-20(25)16(22)11-19(24)27-3/h4-7,10,15-16,23H,8-9,11-13H2,1-3H3,(H,21,25)/b5-4+. The Morgan fingerprint density at radius 3 is 2.86 bits per heavy atom. The van der Waals surface area contributed by atoms with Crippen LogP contribution in [-0.4, -0.2) is 74.5 Å². The van der Waals surface area contributed by atoms with Crippen LogP contribution in [0.25, 0.3) is 6.08 Å². The summed E-state index contributed by atoms with van der Waals surface area (Å²) in [5, 5.41) is 13.1. The molecule has 154 valence electrons. The molecular weight excluding hydrogens is 364 g/mol. The van der Waals surface area contributed by atoms with Crippen molar-refractivity contribution in [2.75, 3.05) is 40.5 Å². The molecule has 1 saturated heterocycles. The lowest BCUT2D eigenvalue weighted by Crippen LogP contribution is -2.57. The number of hydrogen-bond acceptors (Lipinski definition) is 7. The van der Waals surface area contributed by atoms with Gasteiger partial charge in [0, 0.05) is 19.6 Å². The molecule has 0 spiro atoms. The van der Waals surface area contributed by atoms with Gasteiger partial charge in [0.25, 0.3) is 0 Å². The summed E-state index contributed by atoms with van der Waals surface area (Å²) in [6.07, 6.45) is 2.98. The maximum atomic E-state index is 12.1. The highest BCUT2D eigenvalue weighted by atomic mass is 16.5. The van der Waals surface area contributed by atoms with Crippen molar-refractivity contribution >= 4 is 18.0 Å². The van der Waals surface area contributed by atoms with Crippen molar-refractivity contribution in [1.29, 1.82) is 0 Å². The van der Waals surface area contributed by atoms with Crippen LogP contribution in [0.2, 0.25) is 0 Å². The number of rotatable bonds is 9. The summed E-state index contributed by atoms with van der Waals surface area (Å²) in [5.74, 6) is 0.385. The fourth-order valence-electron chi connectivity index (χ4n) is 3.05. The summed E-state index contributed by atoms with van der Waals surface area (Å²) in [4.78, 5) is 25.4. The largest absolute Gasteiger partial charge is 0.493 e. The minimum Gasteiger partial charge on any atom is -0.493 e. The van der Waals surface area contributed by atoms with Crippen molar-refractivity contribution < 1.29 is 28.9 Å². The van der Waals surface area contributed by atoms with E-state index in [4.69, 9.17) is 9.47 Å². The number of esters is 1. The number of piperazine rings is 1. The van der Waals surface area contributed by atoms with Gasteiger partial charge in [-0.1, -0.05) is 18.2 Å². The van der Waals surface area contributed by atoms with E-state index in [-0.39, 0.29) is 25.5 Å². The number of amides is 1. The predicted molar refractivity (Wildman–Crippen MR) is 104 cm³/mol. The van der Waals surface area contributed by atoms with Crippen molar-refractivity contribution in [2.45, 2.75) is 25.5 Å². The molecule has 0 bridgehead atoms. The van der Waals surface area contributed by atoms with Gasteiger partial charge in [-0.25, -0.2) is 0 Å². The summed E-state index contributed by atoms with van der Waals surface area (Å²) in [7, 11) is 2.84. The Kier molecular flexibility index (Phi) is 8.28. The van der Waals surface area contributed by atoms with E-state index in [9.17, 15) is 14.7 Å². The lowest BCUT2D eigenvalue weighted by molar-refractivity contribution is -0.146. The van der Waals surface area contributed by atoms with E-state index in [1.165, 1.54) is 7.11 Å². The minimum atomic E-state index is -0.842. The molecule has 1 aliphatic rings. The molecule has 0 aliphatic carbocycles. The van der Waals surface area contributed by atoms with E-state index in [2.05, 4.69) is 10.1 Å². The lowest BCUT2D eigenvalue weighted by atomic mass is 10.1. The third kappa shape index (κ3) is 5.97. The fraction of sp³-hybridized carbons (Fsp3) is 0.500. The number of carbonyl (C=O) groups is 2. The van der Waals surface area contributed by atoms with Crippen molar-refractivity contribution in [1.82, 2.24) is 10.2 Å². The molecule has 1 aromatic rings. The third-order valence-corrected chi connectivity index (χ3v) is 4.45. The molecule has 0 saturated carbocycles. The first kappa shape index (κ1) is 21.7. The Hall–Kier alpha value is -2.58. The molecule has 8 nitrogen and oxygen atoms in total. The number of nitrogens with zero attached hydrogens (tertiary/aromatic N) is 1. The number of methoxy groups -OCH3 is 2. The zero-order chi connectivity index (χ0) is 20.5. The molecular formula is C20H28N2O6. The minimum absolute atomic E-state index is 0.0301. The van der Waals surface area contributed by atoms with E-state index in [1.807, 2.05) is 31.2 Å². The number of hydrogen-bond donors (Lipinski definition) is 2. The van der Waals surface area contributed by atoms with Gasteiger partial charge < -0.3 is 24.6 Å². The predicted octanol–water partition coefficient (Wildman–Crippen LogP) is 0.832. The van der Waals surface area contributed by atoms with Gasteiger partial charge in [-0.2, -0.15) is 0 Å². The van der Waals surface area contributed by atoms with Crippen LogP contribution in [-0.2, 0) is 14.3 Å². The number of ether oxygens (including phenoxy) is 3. The van der Waals surface area contributed by atoms with E-state index >= 15 is 0 Å². The van der Waals surface area contributed by atoms with Crippen molar-refractivity contribution in [3.8, 4) is 11.5 Å². The summed E-state index contributed by atoms with van der Waals surface area (Å²) < 4.78 is 15.7. The molecule has 2 rings (SSSR count). The first-order chi connectivity index (χ1) is 13.5. The smallest absolute Gasteiger partial charge is 0.307 e. The van der Waals surface area contributed by atoms with Gasteiger partial charge in [-0.15, -0.1) is 0 Å². The van der Waals surface area contributed by atoms with Crippen LogP contribution in [0, 0.1) is 0 Å². The summed E-state index contributed by atoms with van der Waals surface area (Å²) in [5.41, 5.74) is 0.984. The molecule has 1 aromatic carbocycles. The zero-order valence-corrected chi connectivity index (χ0v) is 16.5. The first-order valence-corrected chi connectivity index (χ1v) is 9.18. The van der Waals surface area contributed by atoms with Crippen LogP contribution >= 0.6 is 0 Å². The fourth-order valence-corrected chi connectivity index (χ4v) is 3.05. The van der Waals surface area contributed by atoms with Gasteiger partial charge in [-0.3, -0.25) is 14.5 Å². The lowest BCUT2D eigenvalue weighted by Gasteiger charge is -2.35. The number of nitrogens with one attached hydrogen (secondary N) is 1. The van der Waals surface area contributed by atoms with Crippen LogP contribution in [0.5, 0.6) is 11.5 Å². The van der Waals surface area contributed by atoms with Gasteiger partial charge in [0.2, 0.25) is 5.91 Å². The van der Waals surface area contributed by atoms with Gasteiger partial charge >= 0.3 is 5.97 Å². The van der Waals surface area contributed by atoms with Crippen molar-refractivity contribution in [3.05, 3.63) is 29.8 Å². The highest BCUT2D eigenvalue weighted by molar-refractivity contribution is 5.87. The normalized spacial score (nSPS) is 18.6. The quantitative estimate of drug-likeness (QED) is 0.601. The van der Waals surface area contributed by atoms with Crippen LogP contribution < -0.4 is 14.8 Å². The zero-order valence-electron chi connectivity index (χ0n) is 16.5. The average molecular weight is 392 g/mol. The number of carbonyl (C=O) groups excluding carboxylic acids is 2. The van der Waals surface area contributed by atoms with E-state index in [0.29, 0.717) is 24.6 Å². The maximum Gasteiger partial charge on any atom is 0.307 e.